The van der Waals surface area contributed by atoms with Gasteiger partial charge in [-0.25, -0.2) is 0 Å². The van der Waals surface area contributed by atoms with Crippen LogP contribution in [0.3, 0.4) is 0 Å². The van der Waals surface area contributed by atoms with E-state index in [4.69, 9.17) is 21.1 Å². The van der Waals surface area contributed by atoms with Crippen LogP contribution in [0.4, 0.5) is 0 Å². The lowest BCUT2D eigenvalue weighted by Crippen LogP contribution is -2.45. The third-order valence-corrected chi connectivity index (χ3v) is 4.87. The van der Waals surface area contributed by atoms with E-state index in [0.29, 0.717) is 26.9 Å². The van der Waals surface area contributed by atoms with Gasteiger partial charge in [0.2, 0.25) is 0 Å². The number of ether oxygens (including phenoxy) is 2. The molecule has 2 N–H and O–H groups in total. The van der Waals surface area contributed by atoms with Gasteiger partial charge in [0, 0.05) is 5.02 Å². The number of carbonyl (C=O) groups excluding carboxylic acids is 2. The van der Waals surface area contributed by atoms with Gasteiger partial charge >= 0.3 is 0 Å². The van der Waals surface area contributed by atoms with Crippen molar-refractivity contribution in [2.45, 2.75) is 26.2 Å². The van der Waals surface area contributed by atoms with E-state index in [9.17, 15) is 9.59 Å². The Labute approximate surface area is 177 Å². The third-order valence-electron chi connectivity index (χ3n) is 4.02. The molecule has 2 amide bonds. The van der Waals surface area contributed by atoms with Crippen LogP contribution in [0.25, 0.3) is 0 Å². The van der Waals surface area contributed by atoms with Gasteiger partial charge in [-0.15, -0.1) is 0 Å². The summed E-state index contributed by atoms with van der Waals surface area (Å²) in [4.78, 5) is 23.7. The third kappa shape index (κ3) is 6.73. The summed E-state index contributed by atoms with van der Waals surface area (Å²) in [7, 11) is 0. The average Bonchev–Trinajstić information content (AvgIpc) is 2.69. The van der Waals surface area contributed by atoms with Crippen molar-refractivity contribution in [2.24, 2.45) is 0 Å². The van der Waals surface area contributed by atoms with Crippen LogP contribution in [0.15, 0.2) is 46.9 Å². The van der Waals surface area contributed by atoms with Crippen molar-refractivity contribution in [3.63, 3.8) is 0 Å². The minimum Gasteiger partial charge on any atom is -0.483 e. The van der Waals surface area contributed by atoms with E-state index in [0.717, 1.165) is 12.0 Å². The lowest BCUT2D eigenvalue weighted by molar-refractivity contribution is -0.131. The van der Waals surface area contributed by atoms with E-state index in [1.54, 1.807) is 18.2 Å². The van der Waals surface area contributed by atoms with Crippen molar-refractivity contribution < 1.29 is 19.1 Å². The molecule has 0 spiro atoms. The highest BCUT2D eigenvalue weighted by Crippen LogP contribution is 2.28. The molecule has 2 rings (SSSR count). The topological polar surface area (TPSA) is 76.7 Å². The van der Waals surface area contributed by atoms with Crippen molar-refractivity contribution in [1.29, 1.82) is 0 Å². The maximum Gasteiger partial charge on any atom is 0.276 e. The first-order valence-electron chi connectivity index (χ1n) is 8.78. The van der Waals surface area contributed by atoms with Gasteiger partial charge < -0.3 is 9.47 Å². The van der Waals surface area contributed by atoms with E-state index in [2.05, 4.69) is 40.6 Å². The van der Waals surface area contributed by atoms with E-state index in [1.165, 1.54) is 0 Å². The molecule has 1 atom stereocenters. The number of benzene rings is 2. The molecule has 8 heteroatoms. The van der Waals surface area contributed by atoms with Gasteiger partial charge in [0.15, 0.2) is 13.2 Å². The second kappa shape index (κ2) is 10.9. The van der Waals surface area contributed by atoms with E-state index in [1.807, 2.05) is 24.3 Å². The number of rotatable bonds is 8. The Morgan fingerprint density at radius 1 is 1.04 bits per heavy atom. The number of nitrogens with one attached hydrogen (secondary N) is 2. The average molecular weight is 470 g/mol. The summed E-state index contributed by atoms with van der Waals surface area (Å²) in [5.41, 5.74) is 5.63. The predicted molar refractivity (Wildman–Crippen MR) is 112 cm³/mol. The summed E-state index contributed by atoms with van der Waals surface area (Å²) in [6.07, 6.45) is 0.965. The molecule has 0 fully saturated rings. The molecule has 0 bridgehead atoms. The minimum absolute atomic E-state index is 0.211. The van der Waals surface area contributed by atoms with Crippen LogP contribution in [0.1, 0.15) is 31.7 Å². The molecule has 0 heterocycles. The van der Waals surface area contributed by atoms with Crippen LogP contribution >= 0.6 is 27.5 Å². The van der Waals surface area contributed by atoms with Crippen LogP contribution in [0.5, 0.6) is 11.5 Å². The van der Waals surface area contributed by atoms with Gasteiger partial charge in [-0.2, -0.15) is 0 Å². The van der Waals surface area contributed by atoms with Crippen molar-refractivity contribution >= 4 is 39.3 Å². The maximum absolute atomic E-state index is 11.9. The molecule has 6 nitrogen and oxygen atoms in total. The molecular weight excluding hydrogens is 448 g/mol. The Balaban J connectivity index is 1.76. The van der Waals surface area contributed by atoms with Crippen LogP contribution in [-0.4, -0.2) is 25.0 Å². The summed E-state index contributed by atoms with van der Waals surface area (Å²) in [5.74, 6) is 0.476. The van der Waals surface area contributed by atoms with Crippen LogP contribution in [0, 0.1) is 0 Å². The molecular formula is C20H22BrClN2O4. The molecule has 0 saturated carbocycles. The minimum atomic E-state index is -0.504. The summed E-state index contributed by atoms with van der Waals surface area (Å²) in [6.45, 7) is 3.71. The highest BCUT2D eigenvalue weighted by Gasteiger charge is 2.12. The number of amides is 2. The normalized spacial score (nSPS) is 11.4. The Morgan fingerprint density at radius 2 is 1.64 bits per heavy atom. The molecule has 1 unspecified atom stereocenters. The monoisotopic (exact) mass is 468 g/mol. The molecule has 0 aliphatic heterocycles. The highest BCUT2D eigenvalue weighted by atomic mass is 79.9. The first kappa shape index (κ1) is 22.0. The summed E-state index contributed by atoms with van der Waals surface area (Å²) >= 11 is 9.14. The van der Waals surface area contributed by atoms with Crippen LogP contribution in [-0.2, 0) is 9.59 Å². The number of hydrogen-bond donors (Lipinski definition) is 2. The van der Waals surface area contributed by atoms with Gasteiger partial charge in [0.05, 0.1) is 4.47 Å². The molecule has 150 valence electrons. The standard InChI is InChI=1S/C20H22BrClN2O4/c1-3-13(2)15-6-4-5-7-17(15)27-11-19(25)23-24-20(26)12-28-18-9-8-14(22)10-16(18)21/h4-10,13H,3,11-12H2,1-2H3,(H,23,25)(H,24,26). The largest absolute Gasteiger partial charge is 0.483 e. The van der Waals surface area contributed by atoms with Crippen LogP contribution in [0.2, 0.25) is 5.02 Å². The fraction of sp³-hybridized carbons (Fsp3) is 0.300. The molecule has 0 aliphatic carbocycles. The van der Waals surface area contributed by atoms with Crippen molar-refractivity contribution in [1.82, 2.24) is 10.9 Å². The fourth-order valence-electron chi connectivity index (χ4n) is 2.33. The quantitative estimate of drug-likeness (QED) is 0.568. The summed E-state index contributed by atoms with van der Waals surface area (Å²) < 4.78 is 11.6. The zero-order chi connectivity index (χ0) is 20.5. The Kier molecular flexibility index (Phi) is 8.60. The van der Waals surface area contributed by atoms with Gasteiger partial charge in [0.1, 0.15) is 11.5 Å². The Morgan fingerprint density at radius 3 is 2.25 bits per heavy atom. The summed E-state index contributed by atoms with van der Waals surface area (Å²) in [5, 5.41) is 0.547. The first-order chi connectivity index (χ1) is 13.4. The second-order valence-corrected chi connectivity index (χ2v) is 7.39. The Bertz CT molecular complexity index is 832. The van der Waals surface area contributed by atoms with Crippen LogP contribution < -0.4 is 20.3 Å². The number of carbonyl (C=O) groups is 2. The maximum atomic E-state index is 11.9. The number of hydrazine groups is 1. The first-order valence-corrected chi connectivity index (χ1v) is 9.95. The smallest absolute Gasteiger partial charge is 0.276 e. The number of para-hydroxylation sites is 1. The number of halogens is 2. The second-order valence-electron chi connectivity index (χ2n) is 6.10. The zero-order valence-corrected chi connectivity index (χ0v) is 18.0. The molecule has 0 aliphatic rings. The molecule has 0 aromatic heterocycles. The van der Waals surface area contributed by atoms with Crippen molar-refractivity contribution in [2.75, 3.05) is 13.2 Å². The van der Waals surface area contributed by atoms with E-state index >= 15 is 0 Å². The molecule has 0 saturated heterocycles. The lowest BCUT2D eigenvalue weighted by Gasteiger charge is -2.15. The van der Waals surface area contributed by atoms with Gasteiger partial charge in [0.25, 0.3) is 11.8 Å². The molecule has 2 aromatic rings. The zero-order valence-electron chi connectivity index (χ0n) is 15.6. The summed E-state index contributed by atoms with van der Waals surface area (Å²) in [6, 6.07) is 12.5. The SMILES string of the molecule is CCC(C)c1ccccc1OCC(=O)NNC(=O)COc1ccc(Cl)cc1Br. The van der Waals surface area contributed by atoms with Gasteiger partial charge in [-0.05, 0) is 58.1 Å². The van der Waals surface area contributed by atoms with Crippen molar-refractivity contribution in [3.05, 3.63) is 57.5 Å². The highest BCUT2D eigenvalue weighted by molar-refractivity contribution is 9.10. The van der Waals surface area contributed by atoms with Gasteiger partial charge in [-0.1, -0.05) is 43.6 Å². The molecule has 0 radical (unpaired) electrons. The Hall–Kier alpha value is -2.25. The van der Waals surface area contributed by atoms with E-state index in [-0.39, 0.29) is 13.2 Å². The van der Waals surface area contributed by atoms with Gasteiger partial charge in [-0.3, -0.25) is 20.4 Å². The number of hydrogen-bond acceptors (Lipinski definition) is 4. The lowest BCUT2D eigenvalue weighted by atomic mass is 9.98. The van der Waals surface area contributed by atoms with Crippen molar-refractivity contribution in [3.8, 4) is 11.5 Å². The fourth-order valence-corrected chi connectivity index (χ4v) is 3.13. The molecule has 2 aromatic carbocycles. The predicted octanol–water partition coefficient (Wildman–Crippen LogP) is 4.22. The van der Waals surface area contributed by atoms with E-state index < -0.39 is 11.8 Å². The molecule has 28 heavy (non-hydrogen) atoms.